The Kier molecular flexibility index (Phi) is 3.38. The number of nitrogens with zero attached hydrogens (tertiary/aromatic N) is 1. The van der Waals surface area contributed by atoms with Crippen LogP contribution >= 0.6 is 0 Å². The van der Waals surface area contributed by atoms with Gasteiger partial charge >= 0.3 is 0 Å². The fraction of sp³-hybridized carbons (Fsp3) is 0.250. The van der Waals surface area contributed by atoms with E-state index < -0.39 is 0 Å². The first-order chi connectivity index (χ1) is 2.91. The smallest absolute Gasteiger partial charge is 0.177 e. The van der Waals surface area contributed by atoms with Crippen molar-refractivity contribution in [2.45, 2.75) is 0 Å². The maximum absolute atomic E-state index is 4.72. The van der Waals surface area contributed by atoms with E-state index in [1.54, 1.807) is 0 Å². The molecule has 0 saturated heterocycles. The van der Waals surface area contributed by atoms with Gasteiger partial charge in [0.1, 0.15) is 0 Å². The van der Waals surface area contributed by atoms with E-state index in [0.717, 1.165) is 0 Å². The zero-order valence-electron chi connectivity index (χ0n) is 3.22. The summed E-state index contributed by atoms with van der Waals surface area (Å²) in [6, 6.07) is 0. The van der Waals surface area contributed by atoms with Crippen molar-refractivity contribution in [1.29, 1.82) is 0 Å². The van der Waals surface area contributed by atoms with Crippen LogP contribution in [0.2, 0.25) is 0 Å². The lowest BCUT2D eigenvalue weighted by Crippen LogP contribution is -1.76. The molecule has 0 aromatic carbocycles. The molecule has 0 atom stereocenters. The standard InChI is InChI=1S/C4H4NO/c1-3-4-6-5-2/h1-2H,4H2. The van der Waals surface area contributed by atoms with Crippen molar-refractivity contribution in [3.63, 3.8) is 0 Å². The van der Waals surface area contributed by atoms with Gasteiger partial charge in [-0.05, 0) is 0 Å². The number of hydrogen-bond acceptors (Lipinski definition) is 2. The van der Waals surface area contributed by atoms with Crippen LogP contribution in [0.3, 0.4) is 0 Å². The number of terminal acetylenes is 1. The molecule has 0 aliphatic carbocycles. The van der Waals surface area contributed by atoms with Crippen LogP contribution in [0.4, 0.5) is 0 Å². The molecule has 6 heavy (non-hydrogen) atoms. The monoisotopic (exact) mass is 82.0 g/mol. The summed E-state index contributed by atoms with van der Waals surface area (Å²) >= 11 is 0. The molecule has 2 nitrogen and oxygen atoms in total. The molecule has 0 rings (SSSR count). The average Bonchev–Trinajstić information content (AvgIpc) is 1.61. The third-order valence-corrected chi connectivity index (χ3v) is 0.222. The van der Waals surface area contributed by atoms with E-state index in [4.69, 9.17) is 6.42 Å². The quantitative estimate of drug-likeness (QED) is 0.201. The normalized spacial score (nSPS) is 5.83. The second kappa shape index (κ2) is 4.03. The van der Waals surface area contributed by atoms with Gasteiger partial charge in [-0.15, -0.1) is 6.42 Å². The van der Waals surface area contributed by atoms with Crippen molar-refractivity contribution in [3.8, 4) is 12.3 Å². The van der Waals surface area contributed by atoms with Crippen molar-refractivity contribution in [1.82, 2.24) is 0 Å². The van der Waals surface area contributed by atoms with E-state index in [2.05, 4.69) is 22.6 Å². The Hall–Kier alpha value is -0.970. The van der Waals surface area contributed by atoms with Crippen LogP contribution in [0.25, 0.3) is 0 Å². The third-order valence-electron chi connectivity index (χ3n) is 0.222. The number of hydrogen-bond donors (Lipinski definition) is 0. The van der Waals surface area contributed by atoms with Gasteiger partial charge in [0, 0.05) is 0 Å². The summed E-state index contributed by atoms with van der Waals surface area (Å²) in [6.45, 7) is 4.67. The summed E-state index contributed by atoms with van der Waals surface area (Å²) < 4.78 is 0. The fourth-order valence-electron chi connectivity index (χ4n) is 0.0745. The first kappa shape index (κ1) is 5.03. The van der Waals surface area contributed by atoms with Gasteiger partial charge in [0.25, 0.3) is 0 Å². The topological polar surface area (TPSA) is 21.6 Å². The van der Waals surface area contributed by atoms with Crippen molar-refractivity contribution in [2.75, 3.05) is 6.61 Å². The van der Waals surface area contributed by atoms with Crippen molar-refractivity contribution in [2.24, 2.45) is 5.16 Å². The lowest BCUT2D eigenvalue weighted by atomic mass is 10.8. The second-order valence-corrected chi connectivity index (χ2v) is 0.583. The van der Waals surface area contributed by atoms with Crippen LogP contribution in [-0.4, -0.2) is 13.3 Å². The molecule has 0 spiro atoms. The third kappa shape index (κ3) is 3.03. The molecule has 31 valence electrons. The maximum Gasteiger partial charge on any atom is 0.177 e. The lowest BCUT2D eigenvalue weighted by Gasteiger charge is -1.81. The largest absolute Gasteiger partial charge is 0.383 e. The lowest BCUT2D eigenvalue weighted by molar-refractivity contribution is 0.183. The minimum absolute atomic E-state index is 0.149. The maximum atomic E-state index is 4.72. The molecule has 0 N–H and O–H groups in total. The van der Waals surface area contributed by atoms with Crippen LogP contribution < -0.4 is 0 Å². The summed E-state index contributed by atoms with van der Waals surface area (Å²) in [7, 11) is 0. The highest BCUT2D eigenvalue weighted by Gasteiger charge is 1.63. The van der Waals surface area contributed by atoms with Gasteiger partial charge in [-0.25, -0.2) is 0 Å². The highest BCUT2D eigenvalue weighted by atomic mass is 16.6. The van der Waals surface area contributed by atoms with Gasteiger partial charge in [0.15, 0.2) is 6.61 Å². The minimum Gasteiger partial charge on any atom is -0.383 e. The van der Waals surface area contributed by atoms with E-state index >= 15 is 0 Å². The SMILES string of the molecule is [CH]=NOCC#C. The molecule has 0 saturated carbocycles. The molecule has 0 aromatic heterocycles. The molecule has 0 fully saturated rings. The zero-order valence-corrected chi connectivity index (χ0v) is 3.22. The minimum atomic E-state index is 0.149. The molecule has 0 aromatic rings. The van der Waals surface area contributed by atoms with Crippen LogP contribution in [0.5, 0.6) is 0 Å². The highest BCUT2D eigenvalue weighted by molar-refractivity contribution is 5.21. The van der Waals surface area contributed by atoms with Gasteiger partial charge in [0.05, 0.1) is 6.72 Å². The summed E-state index contributed by atoms with van der Waals surface area (Å²) in [6.07, 6.45) is 4.72. The molecule has 0 bridgehead atoms. The van der Waals surface area contributed by atoms with E-state index in [1.165, 1.54) is 0 Å². The first-order valence-corrected chi connectivity index (χ1v) is 1.37. The van der Waals surface area contributed by atoms with E-state index in [9.17, 15) is 0 Å². The van der Waals surface area contributed by atoms with Gasteiger partial charge < -0.3 is 4.84 Å². The van der Waals surface area contributed by atoms with E-state index in [-0.39, 0.29) is 6.61 Å². The highest BCUT2D eigenvalue weighted by Crippen LogP contribution is 1.64. The Bertz CT molecular complexity index is 72.1. The molecule has 0 unspecified atom stereocenters. The fourth-order valence-corrected chi connectivity index (χ4v) is 0.0745. The van der Waals surface area contributed by atoms with Gasteiger partial charge in [-0.2, -0.15) is 0 Å². The molecular weight excluding hydrogens is 78.0 g/mol. The Morgan fingerprint density at radius 3 is 2.67 bits per heavy atom. The van der Waals surface area contributed by atoms with Crippen LogP contribution in [0, 0.1) is 12.3 Å². The second-order valence-electron chi connectivity index (χ2n) is 0.583. The van der Waals surface area contributed by atoms with E-state index in [1.807, 2.05) is 0 Å². The van der Waals surface area contributed by atoms with E-state index in [0.29, 0.717) is 0 Å². The molecule has 0 amide bonds. The first-order valence-electron chi connectivity index (χ1n) is 1.37. The van der Waals surface area contributed by atoms with Gasteiger partial charge in [0.2, 0.25) is 0 Å². The molecular formula is C4H4NO. The molecule has 0 aliphatic heterocycles. The van der Waals surface area contributed by atoms with Gasteiger partial charge in [-0.3, -0.25) is 0 Å². The Morgan fingerprint density at radius 2 is 2.50 bits per heavy atom. The summed E-state index contributed by atoms with van der Waals surface area (Å²) in [4.78, 5) is 4.15. The van der Waals surface area contributed by atoms with Crippen molar-refractivity contribution in [3.05, 3.63) is 0 Å². The van der Waals surface area contributed by atoms with Crippen molar-refractivity contribution >= 4 is 6.72 Å². The van der Waals surface area contributed by atoms with Crippen LogP contribution in [0.15, 0.2) is 5.16 Å². The van der Waals surface area contributed by atoms with Crippen LogP contribution in [0.1, 0.15) is 0 Å². The summed E-state index contributed by atoms with van der Waals surface area (Å²) in [5.41, 5.74) is 0. The van der Waals surface area contributed by atoms with Gasteiger partial charge in [-0.1, -0.05) is 11.1 Å². The molecule has 2 heteroatoms. The molecule has 1 radical (unpaired) electrons. The Labute approximate surface area is 36.8 Å². The Morgan fingerprint density at radius 1 is 1.83 bits per heavy atom. The summed E-state index contributed by atoms with van der Waals surface area (Å²) in [5.74, 6) is 2.17. The Balaban J connectivity index is 2.72. The van der Waals surface area contributed by atoms with Crippen molar-refractivity contribution < 1.29 is 4.84 Å². The number of rotatable bonds is 2. The predicted octanol–water partition coefficient (Wildman–Crippen LogP) is 0.129. The predicted molar refractivity (Wildman–Crippen MR) is 23.3 cm³/mol. The zero-order chi connectivity index (χ0) is 4.83. The molecule has 0 aliphatic rings. The molecule has 0 heterocycles. The van der Waals surface area contributed by atoms with Crippen LogP contribution in [-0.2, 0) is 4.84 Å². The average molecular weight is 82.1 g/mol. The summed E-state index contributed by atoms with van der Waals surface area (Å²) in [5, 5.41) is 2.78.